The number of hydrogen-bond donors (Lipinski definition) is 1. The summed E-state index contributed by atoms with van der Waals surface area (Å²) in [5, 5.41) is 9.65. The predicted octanol–water partition coefficient (Wildman–Crippen LogP) is 5.16. The van der Waals surface area contributed by atoms with Gasteiger partial charge in [-0.05, 0) is 25.7 Å². The highest BCUT2D eigenvalue weighted by Crippen LogP contribution is 2.01. The third kappa shape index (κ3) is 14.9. The van der Waals surface area contributed by atoms with Crippen molar-refractivity contribution < 1.29 is 5.11 Å². The van der Waals surface area contributed by atoms with E-state index in [2.05, 4.69) is 38.2 Å². The average Bonchev–Trinajstić information content (AvgIpc) is 2.42. The number of allylic oxidation sites excluding steroid dienone is 6. The van der Waals surface area contributed by atoms with Gasteiger partial charge in [0.25, 0.3) is 0 Å². The Kier molecular flexibility index (Phi) is 14.1. The predicted molar refractivity (Wildman–Crippen MR) is 85.9 cm³/mol. The van der Waals surface area contributed by atoms with Gasteiger partial charge in [-0.3, -0.25) is 0 Å². The molecule has 0 aliphatic carbocycles. The van der Waals surface area contributed by atoms with E-state index in [1.165, 1.54) is 12.8 Å². The number of aliphatic hydroxyl groups excluding tert-OH is 1. The molecule has 1 unspecified atom stereocenters. The van der Waals surface area contributed by atoms with E-state index in [1.54, 1.807) is 0 Å². The molecule has 0 aliphatic heterocycles. The van der Waals surface area contributed by atoms with Gasteiger partial charge in [0.15, 0.2) is 0 Å². The molecule has 0 aromatic heterocycles. The van der Waals surface area contributed by atoms with Gasteiger partial charge in [0.1, 0.15) is 0 Å². The van der Waals surface area contributed by atoms with Crippen LogP contribution in [0, 0.1) is 6.92 Å². The highest BCUT2D eigenvalue weighted by molar-refractivity contribution is 5.06. The molecule has 0 aromatic carbocycles. The molecule has 1 nitrogen and oxygen atoms in total. The minimum Gasteiger partial charge on any atom is -0.389 e. The lowest BCUT2D eigenvalue weighted by molar-refractivity contribution is 0.227. The fourth-order valence-electron chi connectivity index (χ4n) is 1.55. The van der Waals surface area contributed by atoms with Crippen LogP contribution in [0.2, 0.25) is 0 Å². The molecular weight excluding hydrogens is 232 g/mol. The largest absolute Gasteiger partial charge is 0.389 e. The monoisotopic (exact) mass is 261 g/mol. The fraction of sp³-hybridized carbons (Fsp3) is 0.500. The molecule has 1 heteroatoms. The summed E-state index contributed by atoms with van der Waals surface area (Å²) in [6.07, 6.45) is 23.3. The number of rotatable bonds is 11. The van der Waals surface area contributed by atoms with Gasteiger partial charge in [-0.25, -0.2) is 0 Å². The van der Waals surface area contributed by atoms with Gasteiger partial charge in [-0.1, -0.05) is 68.4 Å². The van der Waals surface area contributed by atoms with E-state index in [0.29, 0.717) is 6.42 Å². The van der Waals surface area contributed by atoms with E-state index in [-0.39, 0.29) is 6.10 Å². The molecular formula is C18H29O-. The highest BCUT2D eigenvalue weighted by atomic mass is 16.3. The van der Waals surface area contributed by atoms with Crippen molar-refractivity contribution >= 4 is 0 Å². The summed E-state index contributed by atoms with van der Waals surface area (Å²) in [5.41, 5.74) is 0. The Labute approximate surface area is 119 Å². The molecule has 108 valence electrons. The molecule has 0 saturated heterocycles. The van der Waals surface area contributed by atoms with Crippen LogP contribution in [0.15, 0.2) is 48.6 Å². The Balaban J connectivity index is 3.56. The van der Waals surface area contributed by atoms with Crippen molar-refractivity contribution in [2.24, 2.45) is 0 Å². The van der Waals surface area contributed by atoms with Crippen LogP contribution in [0.1, 0.15) is 51.9 Å². The summed E-state index contributed by atoms with van der Waals surface area (Å²) in [4.78, 5) is 0. The topological polar surface area (TPSA) is 20.2 Å². The quantitative estimate of drug-likeness (QED) is 0.236. The molecule has 1 atom stereocenters. The summed E-state index contributed by atoms with van der Waals surface area (Å²) in [6, 6.07) is 0. The van der Waals surface area contributed by atoms with Gasteiger partial charge in [-0.15, -0.1) is 0 Å². The third-order valence-corrected chi connectivity index (χ3v) is 2.67. The van der Waals surface area contributed by atoms with E-state index in [1.807, 2.05) is 24.3 Å². The Morgan fingerprint density at radius 1 is 1.00 bits per heavy atom. The first kappa shape index (κ1) is 17.9. The van der Waals surface area contributed by atoms with Crippen LogP contribution in [0.25, 0.3) is 0 Å². The van der Waals surface area contributed by atoms with Gasteiger partial charge >= 0.3 is 0 Å². The summed E-state index contributed by atoms with van der Waals surface area (Å²) in [6.45, 7) is 5.92. The molecule has 0 spiro atoms. The summed E-state index contributed by atoms with van der Waals surface area (Å²) < 4.78 is 0. The molecule has 0 rings (SSSR count). The summed E-state index contributed by atoms with van der Waals surface area (Å²) >= 11 is 0. The minimum atomic E-state index is -0.376. The lowest BCUT2D eigenvalue weighted by Gasteiger charge is -1.98. The SMILES string of the molecule is [CH2-]CCCC/C=C\C/C=C\CC(O)/C=C/C=C\CC. The molecule has 0 fully saturated rings. The molecule has 0 radical (unpaired) electrons. The van der Waals surface area contributed by atoms with E-state index >= 15 is 0 Å². The van der Waals surface area contributed by atoms with Crippen molar-refractivity contribution in [1.82, 2.24) is 0 Å². The summed E-state index contributed by atoms with van der Waals surface area (Å²) in [7, 11) is 0. The number of hydrogen-bond acceptors (Lipinski definition) is 1. The van der Waals surface area contributed by atoms with Crippen LogP contribution in [0.3, 0.4) is 0 Å². The van der Waals surface area contributed by atoms with Crippen molar-refractivity contribution in [3.8, 4) is 0 Å². The first-order valence-corrected chi connectivity index (χ1v) is 7.41. The molecule has 0 saturated carbocycles. The zero-order chi connectivity index (χ0) is 14.2. The maximum Gasteiger partial charge on any atom is 0.0758 e. The first-order chi connectivity index (χ1) is 9.31. The van der Waals surface area contributed by atoms with E-state index in [9.17, 15) is 5.11 Å². The molecule has 0 heterocycles. The zero-order valence-corrected chi connectivity index (χ0v) is 12.3. The van der Waals surface area contributed by atoms with Crippen LogP contribution >= 0.6 is 0 Å². The van der Waals surface area contributed by atoms with Crippen LogP contribution in [-0.4, -0.2) is 11.2 Å². The second-order valence-electron chi connectivity index (χ2n) is 4.55. The van der Waals surface area contributed by atoms with Crippen LogP contribution in [-0.2, 0) is 0 Å². The molecule has 1 N–H and O–H groups in total. The van der Waals surface area contributed by atoms with Crippen LogP contribution in [0.4, 0.5) is 0 Å². The van der Waals surface area contributed by atoms with Crippen molar-refractivity contribution in [1.29, 1.82) is 0 Å². The maximum atomic E-state index is 9.65. The molecule has 0 bridgehead atoms. The van der Waals surface area contributed by atoms with Gasteiger partial charge in [-0.2, -0.15) is 6.42 Å². The Morgan fingerprint density at radius 2 is 1.79 bits per heavy atom. The Bertz CT molecular complexity index is 284. The van der Waals surface area contributed by atoms with Crippen LogP contribution in [0.5, 0.6) is 0 Å². The van der Waals surface area contributed by atoms with E-state index < -0.39 is 0 Å². The smallest absolute Gasteiger partial charge is 0.0758 e. The first-order valence-electron chi connectivity index (χ1n) is 7.41. The normalized spacial score (nSPS) is 14.5. The third-order valence-electron chi connectivity index (χ3n) is 2.67. The minimum absolute atomic E-state index is 0.376. The molecule has 0 amide bonds. The molecule has 0 aliphatic rings. The average molecular weight is 261 g/mol. The van der Waals surface area contributed by atoms with Gasteiger partial charge in [0.05, 0.1) is 6.10 Å². The van der Waals surface area contributed by atoms with Gasteiger partial charge < -0.3 is 12.0 Å². The second kappa shape index (κ2) is 15.0. The van der Waals surface area contributed by atoms with Crippen molar-refractivity contribution in [3.63, 3.8) is 0 Å². The van der Waals surface area contributed by atoms with Gasteiger partial charge in [0, 0.05) is 0 Å². The standard InChI is InChI=1S/C18H29O/c1-3-5-7-9-10-11-12-13-15-17-18(19)16-14-8-6-4-2/h6,8,10-11,13-16,18-19H,1,3-5,7,9,12,17H2,2H3/q-1/b8-6-,11-10-,15-13-,16-14+. The number of aliphatic hydroxyl groups is 1. The second-order valence-corrected chi connectivity index (χ2v) is 4.55. The van der Waals surface area contributed by atoms with E-state index in [4.69, 9.17) is 0 Å². The van der Waals surface area contributed by atoms with Crippen molar-refractivity contribution in [3.05, 3.63) is 55.5 Å². The van der Waals surface area contributed by atoms with E-state index in [0.717, 1.165) is 25.7 Å². The maximum absolute atomic E-state index is 9.65. The Morgan fingerprint density at radius 3 is 2.53 bits per heavy atom. The van der Waals surface area contributed by atoms with Crippen LogP contribution < -0.4 is 0 Å². The zero-order valence-electron chi connectivity index (χ0n) is 12.3. The fourth-order valence-corrected chi connectivity index (χ4v) is 1.55. The molecule has 0 aromatic rings. The lowest BCUT2D eigenvalue weighted by Crippen LogP contribution is -1.98. The van der Waals surface area contributed by atoms with Crippen molar-refractivity contribution in [2.45, 2.75) is 58.0 Å². The summed E-state index contributed by atoms with van der Waals surface area (Å²) in [5.74, 6) is 0. The van der Waals surface area contributed by atoms with Crippen molar-refractivity contribution in [2.75, 3.05) is 0 Å². The number of unbranched alkanes of at least 4 members (excludes halogenated alkanes) is 3. The lowest BCUT2D eigenvalue weighted by atomic mass is 10.2. The molecule has 19 heavy (non-hydrogen) atoms. The highest BCUT2D eigenvalue weighted by Gasteiger charge is 1.92. The van der Waals surface area contributed by atoms with Gasteiger partial charge in [0.2, 0.25) is 0 Å². The Hall–Kier alpha value is -1.08.